The quantitative estimate of drug-likeness (QED) is 0.818. The molecule has 0 saturated heterocycles. The van der Waals surface area contributed by atoms with Gasteiger partial charge in [0.15, 0.2) is 0 Å². The average Bonchev–Trinajstić information content (AvgIpc) is 3.24. The molecule has 0 radical (unpaired) electrons. The summed E-state index contributed by atoms with van der Waals surface area (Å²) in [6, 6.07) is 12.2. The van der Waals surface area contributed by atoms with E-state index in [1.807, 2.05) is 24.3 Å². The van der Waals surface area contributed by atoms with Gasteiger partial charge in [0.05, 0.1) is 0 Å². The fraction of sp³-hybridized carbons (Fsp3) is 0.235. The fourth-order valence-corrected chi connectivity index (χ4v) is 3.43. The Labute approximate surface area is 141 Å². The standard InChI is InChI=1S/C17H14BrClFNO/c18-11-5-10(6-12(20)7-11)9-21-17(22)15-8-14(15)13-3-1-2-4-16(13)19/h1-7,14-15H,8-9H2,(H,21,22). The molecule has 1 N–H and O–H groups in total. The van der Waals surface area contributed by atoms with Gasteiger partial charge in [-0.2, -0.15) is 0 Å². The highest BCUT2D eigenvalue weighted by molar-refractivity contribution is 9.10. The van der Waals surface area contributed by atoms with Gasteiger partial charge in [-0.1, -0.05) is 45.7 Å². The lowest BCUT2D eigenvalue weighted by molar-refractivity contribution is -0.122. The van der Waals surface area contributed by atoms with Crippen LogP contribution in [0.25, 0.3) is 0 Å². The summed E-state index contributed by atoms with van der Waals surface area (Å²) in [7, 11) is 0. The number of nitrogens with one attached hydrogen (secondary N) is 1. The molecular formula is C17H14BrClFNO. The first-order valence-corrected chi connectivity index (χ1v) is 8.19. The van der Waals surface area contributed by atoms with Crippen LogP contribution in [-0.4, -0.2) is 5.91 Å². The lowest BCUT2D eigenvalue weighted by Crippen LogP contribution is -2.25. The first kappa shape index (κ1) is 15.5. The number of rotatable bonds is 4. The van der Waals surface area contributed by atoms with Crippen molar-refractivity contribution in [3.8, 4) is 0 Å². The minimum atomic E-state index is -0.320. The third-order valence-corrected chi connectivity index (χ3v) is 4.62. The molecule has 3 rings (SSSR count). The Morgan fingerprint density at radius 1 is 1.32 bits per heavy atom. The molecule has 1 aliphatic rings. The summed E-state index contributed by atoms with van der Waals surface area (Å²) in [4.78, 5) is 12.2. The molecule has 0 aromatic heterocycles. The monoisotopic (exact) mass is 381 g/mol. The van der Waals surface area contributed by atoms with E-state index in [1.165, 1.54) is 12.1 Å². The normalized spacial score (nSPS) is 19.8. The van der Waals surface area contributed by atoms with Crippen LogP contribution >= 0.6 is 27.5 Å². The van der Waals surface area contributed by atoms with Crippen molar-refractivity contribution < 1.29 is 9.18 Å². The van der Waals surface area contributed by atoms with Crippen molar-refractivity contribution in [1.82, 2.24) is 5.32 Å². The number of carbonyl (C=O) groups is 1. The first-order valence-electron chi connectivity index (χ1n) is 7.01. The maximum Gasteiger partial charge on any atom is 0.224 e. The SMILES string of the molecule is O=C(NCc1cc(F)cc(Br)c1)C1CC1c1ccccc1Cl. The molecule has 2 unspecified atom stereocenters. The zero-order valence-corrected chi connectivity index (χ0v) is 14.0. The zero-order valence-electron chi connectivity index (χ0n) is 11.7. The van der Waals surface area contributed by atoms with E-state index in [0.717, 1.165) is 17.5 Å². The Kier molecular flexibility index (Phi) is 4.50. The van der Waals surface area contributed by atoms with Crippen LogP contribution in [0.5, 0.6) is 0 Å². The van der Waals surface area contributed by atoms with Crippen molar-refractivity contribution in [3.63, 3.8) is 0 Å². The predicted octanol–water partition coefficient (Wildman–Crippen LogP) is 4.66. The first-order chi connectivity index (χ1) is 10.5. The molecule has 0 bridgehead atoms. The molecule has 2 nitrogen and oxygen atoms in total. The van der Waals surface area contributed by atoms with E-state index < -0.39 is 0 Å². The summed E-state index contributed by atoms with van der Waals surface area (Å²) < 4.78 is 14.0. The van der Waals surface area contributed by atoms with E-state index in [9.17, 15) is 9.18 Å². The van der Waals surface area contributed by atoms with Crippen LogP contribution in [0.3, 0.4) is 0 Å². The van der Waals surface area contributed by atoms with Gasteiger partial charge in [-0.25, -0.2) is 4.39 Å². The number of halogens is 3. The van der Waals surface area contributed by atoms with Gasteiger partial charge in [-0.05, 0) is 47.7 Å². The molecule has 1 aliphatic carbocycles. The number of carbonyl (C=O) groups excluding carboxylic acids is 1. The lowest BCUT2D eigenvalue weighted by Gasteiger charge is -2.07. The summed E-state index contributed by atoms with van der Waals surface area (Å²) >= 11 is 9.40. The molecule has 0 heterocycles. The second-order valence-corrected chi connectivity index (χ2v) is 6.79. The number of benzene rings is 2. The van der Waals surface area contributed by atoms with Gasteiger partial charge < -0.3 is 5.32 Å². The van der Waals surface area contributed by atoms with Crippen molar-refractivity contribution in [2.45, 2.75) is 18.9 Å². The molecule has 0 spiro atoms. The van der Waals surface area contributed by atoms with Crippen LogP contribution in [0.2, 0.25) is 5.02 Å². The van der Waals surface area contributed by atoms with Gasteiger partial charge in [-0.3, -0.25) is 4.79 Å². The van der Waals surface area contributed by atoms with Crippen LogP contribution in [0.1, 0.15) is 23.5 Å². The number of hydrogen-bond donors (Lipinski definition) is 1. The van der Waals surface area contributed by atoms with Crippen LogP contribution < -0.4 is 5.32 Å². The highest BCUT2D eigenvalue weighted by Crippen LogP contribution is 2.49. The summed E-state index contributed by atoms with van der Waals surface area (Å²) in [6.07, 6.45) is 0.808. The molecular weight excluding hydrogens is 369 g/mol. The third kappa shape index (κ3) is 3.50. The topological polar surface area (TPSA) is 29.1 Å². The van der Waals surface area contributed by atoms with Crippen molar-refractivity contribution in [1.29, 1.82) is 0 Å². The Hall–Kier alpha value is -1.39. The maximum atomic E-state index is 13.3. The van der Waals surface area contributed by atoms with Crippen molar-refractivity contribution >= 4 is 33.4 Å². The Morgan fingerprint density at radius 3 is 2.82 bits per heavy atom. The fourth-order valence-electron chi connectivity index (χ4n) is 2.64. The van der Waals surface area contributed by atoms with E-state index in [1.54, 1.807) is 6.07 Å². The maximum absolute atomic E-state index is 13.3. The molecule has 2 atom stereocenters. The molecule has 5 heteroatoms. The average molecular weight is 383 g/mol. The second-order valence-electron chi connectivity index (χ2n) is 5.47. The number of amides is 1. The molecule has 1 fully saturated rings. The van der Waals surface area contributed by atoms with Crippen molar-refractivity contribution in [3.05, 3.63) is 68.9 Å². The summed E-state index contributed by atoms with van der Waals surface area (Å²) in [5.41, 5.74) is 1.76. The molecule has 114 valence electrons. The largest absolute Gasteiger partial charge is 0.352 e. The van der Waals surface area contributed by atoms with Gasteiger partial charge in [0, 0.05) is 22.0 Å². The smallest absolute Gasteiger partial charge is 0.224 e. The minimum absolute atomic E-state index is 0.00898. The van der Waals surface area contributed by atoms with Gasteiger partial charge in [0.1, 0.15) is 5.82 Å². The van der Waals surface area contributed by atoms with E-state index in [2.05, 4.69) is 21.2 Å². The van der Waals surface area contributed by atoms with Crippen LogP contribution in [-0.2, 0) is 11.3 Å². The molecule has 1 amide bonds. The van der Waals surface area contributed by atoms with E-state index in [4.69, 9.17) is 11.6 Å². The van der Waals surface area contributed by atoms with Crippen LogP contribution in [0.15, 0.2) is 46.9 Å². The minimum Gasteiger partial charge on any atom is -0.352 e. The molecule has 0 aliphatic heterocycles. The Balaban J connectivity index is 1.59. The van der Waals surface area contributed by atoms with E-state index >= 15 is 0 Å². The summed E-state index contributed by atoms with van der Waals surface area (Å²) in [6.45, 7) is 0.320. The molecule has 22 heavy (non-hydrogen) atoms. The van der Waals surface area contributed by atoms with E-state index in [0.29, 0.717) is 16.0 Å². The lowest BCUT2D eigenvalue weighted by atomic mass is 10.1. The van der Waals surface area contributed by atoms with Gasteiger partial charge in [0.25, 0.3) is 0 Å². The zero-order chi connectivity index (χ0) is 15.7. The highest BCUT2D eigenvalue weighted by atomic mass is 79.9. The van der Waals surface area contributed by atoms with Crippen LogP contribution in [0, 0.1) is 11.7 Å². The van der Waals surface area contributed by atoms with Crippen LogP contribution in [0.4, 0.5) is 4.39 Å². The summed E-state index contributed by atoms with van der Waals surface area (Å²) in [5, 5.41) is 3.57. The third-order valence-electron chi connectivity index (χ3n) is 3.82. The van der Waals surface area contributed by atoms with Gasteiger partial charge in [-0.15, -0.1) is 0 Å². The molecule has 2 aromatic carbocycles. The molecule has 1 saturated carbocycles. The highest BCUT2D eigenvalue weighted by Gasteiger charge is 2.44. The number of hydrogen-bond acceptors (Lipinski definition) is 1. The van der Waals surface area contributed by atoms with Crippen molar-refractivity contribution in [2.24, 2.45) is 5.92 Å². The second kappa shape index (κ2) is 6.39. The summed E-state index contributed by atoms with van der Waals surface area (Å²) in [5.74, 6) is -0.186. The Bertz CT molecular complexity index is 701. The van der Waals surface area contributed by atoms with Crippen molar-refractivity contribution in [2.75, 3.05) is 0 Å². The predicted molar refractivity (Wildman–Crippen MR) is 88.2 cm³/mol. The molecule has 2 aromatic rings. The van der Waals surface area contributed by atoms with Gasteiger partial charge in [0.2, 0.25) is 5.91 Å². The van der Waals surface area contributed by atoms with E-state index in [-0.39, 0.29) is 23.6 Å². The van der Waals surface area contributed by atoms with Gasteiger partial charge >= 0.3 is 0 Å². The Morgan fingerprint density at radius 2 is 2.09 bits per heavy atom.